The molecule has 2 rings (SSSR count). The molecule has 0 saturated carbocycles. The number of hydrogen-bond acceptors (Lipinski definition) is 2. The number of hydrogen-bond donors (Lipinski definition) is 1. The van der Waals surface area contributed by atoms with Crippen LogP contribution in [0.2, 0.25) is 5.02 Å². The molecular formula is C10H9ClFNOS. The largest absolute Gasteiger partial charge is 0.369 e. The number of halogens is 2. The monoisotopic (exact) mass is 245 g/mol. The van der Waals surface area contributed by atoms with Crippen molar-refractivity contribution in [2.45, 2.75) is 5.25 Å². The Labute approximate surface area is 96.0 Å². The summed E-state index contributed by atoms with van der Waals surface area (Å²) in [6.07, 6.45) is 0. The van der Waals surface area contributed by atoms with Crippen molar-refractivity contribution in [3.05, 3.63) is 34.6 Å². The maximum Gasteiger partial charge on any atom is 0.222 e. The molecular weight excluding hydrogens is 237 g/mol. The summed E-state index contributed by atoms with van der Waals surface area (Å²) in [5.41, 5.74) is 5.61. The van der Waals surface area contributed by atoms with Gasteiger partial charge in [0.05, 0.1) is 5.92 Å². The lowest BCUT2D eigenvalue weighted by molar-refractivity contribution is -0.121. The van der Waals surface area contributed by atoms with Crippen LogP contribution in [0.4, 0.5) is 4.39 Å². The zero-order valence-electron chi connectivity index (χ0n) is 7.74. The topological polar surface area (TPSA) is 43.1 Å². The first-order valence-corrected chi connectivity index (χ1v) is 5.88. The van der Waals surface area contributed by atoms with Crippen molar-refractivity contribution in [1.82, 2.24) is 0 Å². The molecule has 80 valence electrons. The number of primary amides is 1. The lowest BCUT2D eigenvalue weighted by Crippen LogP contribution is -2.36. The minimum absolute atomic E-state index is 0.226. The molecule has 1 aromatic carbocycles. The van der Waals surface area contributed by atoms with Gasteiger partial charge in [-0.1, -0.05) is 17.7 Å². The smallest absolute Gasteiger partial charge is 0.222 e. The molecule has 1 saturated heterocycles. The van der Waals surface area contributed by atoms with Gasteiger partial charge in [0.25, 0.3) is 0 Å². The Kier molecular flexibility index (Phi) is 2.89. The molecule has 15 heavy (non-hydrogen) atoms. The van der Waals surface area contributed by atoms with Gasteiger partial charge in [0, 0.05) is 21.6 Å². The van der Waals surface area contributed by atoms with E-state index in [1.165, 1.54) is 17.8 Å². The van der Waals surface area contributed by atoms with Gasteiger partial charge in [-0.3, -0.25) is 4.79 Å². The predicted molar refractivity (Wildman–Crippen MR) is 59.3 cm³/mol. The maximum absolute atomic E-state index is 13.5. The van der Waals surface area contributed by atoms with E-state index in [4.69, 9.17) is 17.3 Å². The molecule has 2 unspecified atom stereocenters. The highest BCUT2D eigenvalue weighted by Gasteiger charge is 2.39. The Morgan fingerprint density at radius 2 is 2.33 bits per heavy atom. The average molecular weight is 246 g/mol. The Morgan fingerprint density at radius 3 is 2.80 bits per heavy atom. The van der Waals surface area contributed by atoms with Gasteiger partial charge >= 0.3 is 0 Å². The molecule has 0 aliphatic carbocycles. The zero-order chi connectivity index (χ0) is 11.0. The van der Waals surface area contributed by atoms with Crippen molar-refractivity contribution in [2.75, 3.05) is 5.75 Å². The Hall–Kier alpha value is -0.740. The molecule has 1 aliphatic heterocycles. The van der Waals surface area contributed by atoms with Gasteiger partial charge < -0.3 is 5.73 Å². The van der Waals surface area contributed by atoms with Crippen LogP contribution < -0.4 is 5.73 Å². The number of carbonyl (C=O) groups is 1. The molecule has 2 atom stereocenters. The van der Waals surface area contributed by atoms with E-state index in [-0.39, 0.29) is 17.0 Å². The molecule has 1 amide bonds. The van der Waals surface area contributed by atoms with Crippen LogP contribution in [0.5, 0.6) is 0 Å². The summed E-state index contributed by atoms with van der Waals surface area (Å²) in [6, 6.07) is 4.51. The average Bonchev–Trinajstić information content (AvgIpc) is 2.08. The number of benzene rings is 1. The molecule has 0 spiro atoms. The zero-order valence-corrected chi connectivity index (χ0v) is 9.32. The van der Waals surface area contributed by atoms with Gasteiger partial charge in [-0.2, -0.15) is 11.8 Å². The third kappa shape index (κ3) is 1.84. The standard InChI is InChI=1S/C10H9ClFNOS/c11-6-2-1-3-7(12)8(6)9-5(4-15-9)10(13)14/h1-3,5,9H,4H2,(H2,13,14). The van der Waals surface area contributed by atoms with Crippen LogP contribution in [0.15, 0.2) is 18.2 Å². The van der Waals surface area contributed by atoms with Gasteiger partial charge in [0.1, 0.15) is 5.82 Å². The van der Waals surface area contributed by atoms with E-state index < -0.39 is 5.91 Å². The molecule has 0 aromatic heterocycles. The summed E-state index contributed by atoms with van der Waals surface area (Å²) < 4.78 is 13.5. The second-order valence-electron chi connectivity index (χ2n) is 3.40. The fourth-order valence-corrected chi connectivity index (χ4v) is 3.21. The molecule has 1 aromatic rings. The Balaban J connectivity index is 2.34. The molecule has 0 bridgehead atoms. The van der Waals surface area contributed by atoms with Gasteiger partial charge in [0.15, 0.2) is 0 Å². The van der Waals surface area contributed by atoms with Crippen LogP contribution in [0, 0.1) is 11.7 Å². The minimum atomic E-state index is -0.391. The molecule has 2 N–H and O–H groups in total. The molecule has 2 nitrogen and oxygen atoms in total. The summed E-state index contributed by atoms with van der Waals surface area (Å²) in [6.45, 7) is 0. The van der Waals surface area contributed by atoms with Gasteiger partial charge in [-0.25, -0.2) is 4.39 Å². The normalized spacial score (nSPS) is 24.7. The van der Waals surface area contributed by atoms with Gasteiger partial charge in [-0.05, 0) is 12.1 Å². The summed E-state index contributed by atoms with van der Waals surface area (Å²) in [5.74, 6) is -0.418. The summed E-state index contributed by atoms with van der Waals surface area (Å²) in [5, 5.41) is 0.134. The third-order valence-corrected chi connectivity index (χ3v) is 4.27. The van der Waals surface area contributed by atoms with Crippen molar-refractivity contribution in [3.63, 3.8) is 0 Å². The highest BCUT2D eigenvalue weighted by Crippen LogP contribution is 2.49. The lowest BCUT2D eigenvalue weighted by atomic mass is 9.98. The van der Waals surface area contributed by atoms with Crippen molar-refractivity contribution in [1.29, 1.82) is 0 Å². The second-order valence-corrected chi connectivity index (χ2v) is 4.98. The molecule has 1 aliphatic rings. The quantitative estimate of drug-likeness (QED) is 0.869. The fourth-order valence-electron chi connectivity index (χ4n) is 1.59. The first-order valence-electron chi connectivity index (χ1n) is 4.46. The highest BCUT2D eigenvalue weighted by atomic mass is 35.5. The second kappa shape index (κ2) is 4.02. The maximum atomic E-state index is 13.5. The SMILES string of the molecule is NC(=O)C1CSC1c1c(F)cccc1Cl. The van der Waals surface area contributed by atoms with E-state index in [0.717, 1.165) is 0 Å². The van der Waals surface area contributed by atoms with Crippen molar-refractivity contribution < 1.29 is 9.18 Å². The third-order valence-electron chi connectivity index (χ3n) is 2.47. The van der Waals surface area contributed by atoms with Gasteiger partial charge in [0.2, 0.25) is 5.91 Å². The van der Waals surface area contributed by atoms with E-state index in [0.29, 0.717) is 16.3 Å². The first kappa shape index (κ1) is 10.8. The van der Waals surface area contributed by atoms with Crippen molar-refractivity contribution >= 4 is 29.3 Å². The van der Waals surface area contributed by atoms with Crippen LogP contribution in [0.25, 0.3) is 0 Å². The highest BCUT2D eigenvalue weighted by molar-refractivity contribution is 8.01. The van der Waals surface area contributed by atoms with Crippen LogP contribution in [0.1, 0.15) is 10.8 Å². The molecule has 1 heterocycles. The molecule has 0 radical (unpaired) electrons. The minimum Gasteiger partial charge on any atom is -0.369 e. The molecule has 5 heteroatoms. The number of carbonyl (C=O) groups excluding carboxylic acids is 1. The van der Waals surface area contributed by atoms with Crippen molar-refractivity contribution in [2.24, 2.45) is 11.7 Å². The Morgan fingerprint density at radius 1 is 1.60 bits per heavy atom. The fraction of sp³-hybridized carbons (Fsp3) is 0.300. The number of rotatable bonds is 2. The summed E-state index contributed by atoms with van der Waals surface area (Å²) >= 11 is 7.40. The summed E-state index contributed by atoms with van der Waals surface area (Å²) in [7, 11) is 0. The van der Waals surface area contributed by atoms with E-state index in [1.807, 2.05) is 0 Å². The Bertz CT molecular complexity index is 392. The van der Waals surface area contributed by atoms with E-state index in [9.17, 15) is 9.18 Å². The first-order chi connectivity index (χ1) is 7.11. The van der Waals surface area contributed by atoms with Crippen LogP contribution in [0.3, 0.4) is 0 Å². The van der Waals surface area contributed by atoms with E-state index in [1.54, 1.807) is 12.1 Å². The van der Waals surface area contributed by atoms with Crippen LogP contribution in [-0.4, -0.2) is 11.7 Å². The molecule has 1 fully saturated rings. The van der Waals surface area contributed by atoms with Crippen molar-refractivity contribution in [3.8, 4) is 0 Å². The van der Waals surface area contributed by atoms with E-state index in [2.05, 4.69) is 0 Å². The number of amides is 1. The lowest BCUT2D eigenvalue weighted by Gasteiger charge is -2.34. The number of nitrogens with two attached hydrogens (primary N) is 1. The summed E-state index contributed by atoms with van der Waals surface area (Å²) in [4.78, 5) is 11.0. The van der Waals surface area contributed by atoms with E-state index >= 15 is 0 Å². The number of thioether (sulfide) groups is 1. The van der Waals surface area contributed by atoms with Gasteiger partial charge in [-0.15, -0.1) is 0 Å². The van der Waals surface area contributed by atoms with Crippen LogP contribution >= 0.6 is 23.4 Å². The predicted octanol–water partition coefficient (Wildman–Crippen LogP) is 2.37. The van der Waals surface area contributed by atoms with Crippen LogP contribution in [-0.2, 0) is 4.79 Å².